The molecule has 0 aromatic carbocycles. The maximum absolute atomic E-state index is 12.9. The van der Waals surface area contributed by atoms with E-state index in [2.05, 4.69) is 4.98 Å². The second-order valence-electron chi connectivity index (χ2n) is 4.42. The summed E-state index contributed by atoms with van der Waals surface area (Å²) in [6.45, 7) is 3.13. The summed E-state index contributed by atoms with van der Waals surface area (Å²) in [5.41, 5.74) is -0.675. The van der Waals surface area contributed by atoms with Crippen molar-refractivity contribution in [3.05, 3.63) is 23.9 Å². The number of H-pyrrole nitrogens is 1. The number of carbonyl (C=O) groups is 1. The smallest absolute Gasteiger partial charge is 0.335 e. The molecular weight excluding hydrogens is 259 g/mol. The van der Waals surface area contributed by atoms with Gasteiger partial charge in [0.2, 0.25) is 5.91 Å². The molecule has 1 saturated heterocycles. The van der Waals surface area contributed by atoms with Gasteiger partial charge in [-0.1, -0.05) is 0 Å². The highest BCUT2D eigenvalue weighted by molar-refractivity contribution is 5.73. The Bertz CT molecular complexity index is 468. The predicted molar refractivity (Wildman–Crippen MR) is 62.5 cm³/mol. The second kappa shape index (κ2) is 5.07. The van der Waals surface area contributed by atoms with Gasteiger partial charge in [0.15, 0.2) is 0 Å². The van der Waals surface area contributed by atoms with Crippen LogP contribution in [-0.2, 0) is 11.0 Å². The highest BCUT2D eigenvalue weighted by Gasteiger charge is 2.39. The lowest BCUT2D eigenvalue weighted by atomic mass is 10.2. The zero-order valence-electron chi connectivity index (χ0n) is 10.5. The molecule has 7 heteroatoms. The maximum atomic E-state index is 12.9. The van der Waals surface area contributed by atoms with Crippen LogP contribution in [0.15, 0.2) is 18.3 Å². The van der Waals surface area contributed by atoms with Crippen LogP contribution in [0.2, 0.25) is 0 Å². The summed E-state index contributed by atoms with van der Waals surface area (Å²) in [4.78, 5) is 17.1. The largest absolute Gasteiger partial charge is 0.424 e. The van der Waals surface area contributed by atoms with Crippen LogP contribution in [0.25, 0.3) is 0 Å². The van der Waals surface area contributed by atoms with Gasteiger partial charge in [-0.25, -0.2) is 4.98 Å². The summed E-state index contributed by atoms with van der Waals surface area (Å²) in [5, 5.41) is 0. The predicted octanol–water partition coefficient (Wildman–Crippen LogP) is 1.19. The molecule has 0 unspecified atom stereocenters. The molecule has 1 N–H and O–H groups in total. The molecule has 1 aliphatic rings. The lowest BCUT2D eigenvalue weighted by Crippen LogP contribution is -2.50. The monoisotopic (exact) mass is 274 g/mol. The summed E-state index contributed by atoms with van der Waals surface area (Å²) in [6.07, 6.45) is -2.91. The lowest BCUT2D eigenvalue weighted by Gasteiger charge is -2.30. The molecule has 1 aromatic heterocycles. The van der Waals surface area contributed by atoms with E-state index in [-0.39, 0.29) is 11.7 Å². The standard InChI is InChI=1S/C12H14F3N3O/c1-9(19)17-5-7-18(8-6-17)11-10(12(13,14)15)3-2-4-16-11/h2-4H,5-8H2,1H3/p+1. The van der Waals surface area contributed by atoms with Gasteiger partial charge in [0, 0.05) is 6.92 Å². The third-order valence-electron chi connectivity index (χ3n) is 3.18. The minimum atomic E-state index is -4.38. The van der Waals surface area contributed by atoms with Crippen molar-refractivity contribution in [1.82, 2.24) is 4.90 Å². The first-order valence-corrected chi connectivity index (χ1v) is 5.98. The van der Waals surface area contributed by atoms with E-state index in [1.807, 2.05) is 0 Å². The number of aromatic nitrogens is 1. The Morgan fingerprint density at radius 3 is 2.42 bits per heavy atom. The first-order chi connectivity index (χ1) is 8.89. The van der Waals surface area contributed by atoms with Crippen molar-refractivity contribution < 1.29 is 22.9 Å². The zero-order chi connectivity index (χ0) is 14.0. The van der Waals surface area contributed by atoms with E-state index in [9.17, 15) is 18.0 Å². The first-order valence-electron chi connectivity index (χ1n) is 5.98. The van der Waals surface area contributed by atoms with Crippen LogP contribution in [0.1, 0.15) is 12.5 Å². The number of piperazine rings is 1. The summed E-state index contributed by atoms with van der Waals surface area (Å²) >= 11 is 0. The van der Waals surface area contributed by atoms with Gasteiger partial charge in [0.25, 0.3) is 5.82 Å². The molecule has 104 valence electrons. The number of hydrogen-bond acceptors (Lipinski definition) is 2. The summed E-state index contributed by atoms with van der Waals surface area (Å²) in [5.74, 6) is 0.0194. The van der Waals surface area contributed by atoms with E-state index in [1.165, 1.54) is 19.2 Å². The number of rotatable bonds is 1. The van der Waals surface area contributed by atoms with Gasteiger partial charge in [0.05, 0.1) is 19.3 Å². The van der Waals surface area contributed by atoms with Gasteiger partial charge in [0.1, 0.15) is 18.7 Å². The summed E-state index contributed by atoms with van der Waals surface area (Å²) in [7, 11) is 0. The van der Waals surface area contributed by atoms with E-state index in [0.717, 1.165) is 6.07 Å². The number of amides is 1. The van der Waals surface area contributed by atoms with E-state index in [1.54, 1.807) is 9.80 Å². The van der Waals surface area contributed by atoms with Crippen molar-refractivity contribution in [2.24, 2.45) is 0 Å². The number of aromatic amines is 1. The molecular formula is C12H15F3N3O+. The van der Waals surface area contributed by atoms with Gasteiger partial charge in [-0.2, -0.15) is 13.2 Å². The third kappa shape index (κ3) is 2.97. The normalized spacial score (nSPS) is 16.6. The van der Waals surface area contributed by atoms with Gasteiger partial charge in [-0.05, 0) is 12.1 Å². The number of nitrogens with one attached hydrogen (secondary N) is 1. The summed E-state index contributed by atoms with van der Waals surface area (Å²) in [6, 6.07) is 2.39. The topological polar surface area (TPSA) is 37.7 Å². The zero-order valence-corrected chi connectivity index (χ0v) is 10.5. The molecule has 1 amide bonds. The number of carbonyl (C=O) groups excluding carboxylic acids is 1. The van der Waals surface area contributed by atoms with Gasteiger partial charge < -0.3 is 4.90 Å². The first kappa shape index (κ1) is 13.6. The number of alkyl halides is 3. The van der Waals surface area contributed by atoms with Crippen molar-refractivity contribution in [2.75, 3.05) is 31.1 Å². The number of hydrogen-bond donors (Lipinski definition) is 0. The number of nitrogens with zero attached hydrogens (tertiary/aromatic N) is 2. The Hall–Kier alpha value is -1.79. The summed E-state index contributed by atoms with van der Waals surface area (Å²) < 4.78 is 38.7. The van der Waals surface area contributed by atoms with Crippen LogP contribution < -0.4 is 9.88 Å². The van der Waals surface area contributed by atoms with E-state index in [4.69, 9.17) is 0 Å². The van der Waals surface area contributed by atoms with Gasteiger partial charge in [-0.15, -0.1) is 0 Å². The van der Waals surface area contributed by atoms with Crippen molar-refractivity contribution in [1.29, 1.82) is 0 Å². The molecule has 0 bridgehead atoms. The van der Waals surface area contributed by atoms with E-state index < -0.39 is 11.7 Å². The Balaban J connectivity index is 2.18. The molecule has 2 rings (SSSR count). The molecule has 1 fully saturated rings. The van der Waals surface area contributed by atoms with Crippen LogP contribution in [0, 0.1) is 0 Å². The SMILES string of the molecule is CC(=O)N1CCN(c2[nH+]cccc2C(F)(F)F)CC1. The highest BCUT2D eigenvalue weighted by atomic mass is 19.4. The number of anilines is 1. The van der Waals surface area contributed by atoms with Crippen LogP contribution in [0.5, 0.6) is 0 Å². The fraction of sp³-hybridized carbons (Fsp3) is 0.500. The van der Waals surface area contributed by atoms with Crippen molar-refractivity contribution in [3.8, 4) is 0 Å². The maximum Gasteiger partial charge on any atom is 0.424 e. The van der Waals surface area contributed by atoms with Crippen molar-refractivity contribution in [2.45, 2.75) is 13.1 Å². The van der Waals surface area contributed by atoms with E-state index >= 15 is 0 Å². The molecule has 19 heavy (non-hydrogen) atoms. The number of pyridine rings is 1. The third-order valence-corrected chi connectivity index (χ3v) is 3.18. The average Bonchev–Trinajstić information content (AvgIpc) is 2.38. The quantitative estimate of drug-likeness (QED) is 0.771. The molecule has 0 aliphatic carbocycles. The second-order valence-corrected chi connectivity index (χ2v) is 4.42. The molecule has 4 nitrogen and oxygen atoms in total. The molecule has 0 saturated carbocycles. The molecule has 0 atom stereocenters. The van der Waals surface area contributed by atoms with E-state index in [0.29, 0.717) is 26.2 Å². The molecule has 2 heterocycles. The van der Waals surface area contributed by atoms with Gasteiger partial charge in [-0.3, -0.25) is 9.69 Å². The molecule has 0 spiro atoms. The van der Waals surface area contributed by atoms with Crippen LogP contribution >= 0.6 is 0 Å². The highest BCUT2D eigenvalue weighted by Crippen LogP contribution is 2.34. The Morgan fingerprint density at radius 1 is 1.26 bits per heavy atom. The Morgan fingerprint density at radius 2 is 1.89 bits per heavy atom. The minimum absolute atomic E-state index is 0.0484. The lowest BCUT2D eigenvalue weighted by molar-refractivity contribution is -0.367. The fourth-order valence-corrected chi connectivity index (χ4v) is 2.16. The molecule has 0 radical (unpaired) electrons. The van der Waals surface area contributed by atoms with Crippen molar-refractivity contribution >= 4 is 11.7 Å². The fourth-order valence-electron chi connectivity index (χ4n) is 2.16. The molecule has 1 aromatic rings. The van der Waals surface area contributed by atoms with Crippen LogP contribution in [-0.4, -0.2) is 37.0 Å². The minimum Gasteiger partial charge on any atom is -0.335 e. The average molecular weight is 274 g/mol. The van der Waals surface area contributed by atoms with Crippen LogP contribution in [0.3, 0.4) is 0 Å². The molecule has 1 aliphatic heterocycles. The van der Waals surface area contributed by atoms with Gasteiger partial charge >= 0.3 is 6.18 Å². The number of halogens is 3. The Kier molecular flexibility index (Phi) is 3.64. The van der Waals surface area contributed by atoms with Crippen LogP contribution in [0.4, 0.5) is 19.0 Å². The van der Waals surface area contributed by atoms with Crippen molar-refractivity contribution in [3.63, 3.8) is 0 Å². The Labute approximate surface area is 108 Å².